The number of carbonyl (C=O) groups excluding carboxylic acids is 4. The molecule has 0 bridgehead atoms. The van der Waals surface area contributed by atoms with Crippen molar-refractivity contribution in [3.05, 3.63) is 66.2 Å². The molecule has 0 unspecified atom stereocenters. The number of carbonyl (C=O) groups is 4. The molecule has 5 amide bonds. The van der Waals surface area contributed by atoms with Gasteiger partial charge in [-0.25, -0.2) is 14.4 Å². The van der Waals surface area contributed by atoms with E-state index in [1.54, 1.807) is 67.6 Å². The maximum absolute atomic E-state index is 12.5. The molecule has 0 saturated carbocycles. The number of anilines is 1. The number of esters is 1. The Kier molecular flexibility index (Phi) is 8.37. The fraction of sp³-hybridized carbons (Fsp3) is 0.238. The van der Waals surface area contributed by atoms with Gasteiger partial charge in [-0.2, -0.15) is 0 Å². The molecule has 2 rings (SSSR count). The van der Waals surface area contributed by atoms with Gasteiger partial charge in [-0.1, -0.05) is 48.5 Å². The van der Waals surface area contributed by atoms with Crippen LogP contribution in [0.4, 0.5) is 15.3 Å². The quantitative estimate of drug-likeness (QED) is 0.520. The molecule has 4 N–H and O–H groups in total. The van der Waals surface area contributed by atoms with E-state index in [9.17, 15) is 19.2 Å². The third-order valence-corrected chi connectivity index (χ3v) is 3.88. The van der Waals surface area contributed by atoms with Crippen molar-refractivity contribution in [2.75, 3.05) is 11.9 Å². The van der Waals surface area contributed by atoms with Gasteiger partial charge in [0.15, 0.2) is 0 Å². The van der Waals surface area contributed by atoms with Gasteiger partial charge in [0, 0.05) is 17.8 Å². The Bertz CT molecular complexity index is 873. The molecular weight excluding hydrogens is 388 g/mol. The lowest BCUT2D eigenvalue weighted by Crippen LogP contribution is -2.45. The highest BCUT2D eigenvalue weighted by Crippen LogP contribution is 2.18. The monoisotopic (exact) mass is 412 g/mol. The maximum atomic E-state index is 12.5. The zero-order valence-electron chi connectivity index (χ0n) is 16.7. The van der Waals surface area contributed by atoms with Gasteiger partial charge in [-0.05, 0) is 26.0 Å². The van der Waals surface area contributed by atoms with E-state index >= 15 is 0 Å². The molecule has 0 spiro atoms. The summed E-state index contributed by atoms with van der Waals surface area (Å²) in [5.41, 5.74) is 0.938. The van der Waals surface area contributed by atoms with E-state index in [-0.39, 0.29) is 0 Å². The summed E-state index contributed by atoms with van der Waals surface area (Å²) in [7, 11) is 0. The number of hydrogen-bond acceptors (Lipinski definition) is 5. The van der Waals surface area contributed by atoms with Crippen LogP contribution in [0.25, 0.3) is 0 Å². The van der Waals surface area contributed by atoms with Crippen molar-refractivity contribution < 1.29 is 23.9 Å². The average Bonchev–Trinajstić information content (AvgIpc) is 2.73. The summed E-state index contributed by atoms with van der Waals surface area (Å²) in [6, 6.07) is 14.6. The lowest BCUT2D eigenvalue weighted by molar-refractivity contribution is -0.157. The average molecular weight is 412 g/mol. The van der Waals surface area contributed by atoms with Gasteiger partial charge < -0.3 is 20.7 Å². The minimum absolute atomic E-state index is 0.326. The topological polar surface area (TPSA) is 126 Å². The maximum Gasteiger partial charge on any atom is 0.329 e. The largest absolute Gasteiger partial charge is 0.446 e. The van der Waals surface area contributed by atoms with Crippen molar-refractivity contribution in [3.63, 3.8) is 0 Å². The van der Waals surface area contributed by atoms with Crippen LogP contribution in [-0.4, -0.2) is 36.5 Å². The minimum Gasteiger partial charge on any atom is -0.446 e. The SMILES string of the molecule is CCNC(=O)NC(=O)[C@@H](OC(=O)[C@H](C)NC(=O)Nc1ccccc1)c1ccccc1. The number of para-hydroxylation sites is 1. The molecule has 30 heavy (non-hydrogen) atoms. The second kappa shape index (κ2) is 11.2. The van der Waals surface area contributed by atoms with E-state index < -0.39 is 36.1 Å². The summed E-state index contributed by atoms with van der Waals surface area (Å²) in [4.78, 5) is 48.7. The summed E-state index contributed by atoms with van der Waals surface area (Å²) >= 11 is 0. The number of ether oxygens (including phenoxy) is 1. The van der Waals surface area contributed by atoms with Gasteiger partial charge in [0.05, 0.1) is 0 Å². The standard InChI is InChI=1S/C21H24N4O5/c1-3-22-20(28)25-18(26)17(15-10-6-4-7-11-15)30-19(27)14(2)23-21(29)24-16-12-8-5-9-13-16/h4-14,17H,3H2,1-2H3,(H2,23,24,29)(H2,22,25,26,28)/t14-,17-/m0/s1. The third-order valence-electron chi connectivity index (χ3n) is 3.88. The molecule has 0 aliphatic carbocycles. The molecule has 9 heteroatoms. The van der Waals surface area contributed by atoms with E-state index in [2.05, 4.69) is 21.3 Å². The molecule has 0 radical (unpaired) electrons. The second-order valence-corrected chi connectivity index (χ2v) is 6.26. The molecule has 158 valence electrons. The highest BCUT2D eigenvalue weighted by molar-refractivity contribution is 5.98. The number of urea groups is 2. The van der Waals surface area contributed by atoms with Crippen LogP contribution in [0.2, 0.25) is 0 Å². The molecule has 0 aromatic heterocycles. The number of benzene rings is 2. The molecule has 2 aromatic carbocycles. The first kappa shape index (κ1) is 22.4. The van der Waals surface area contributed by atoms with Gasteiger partial charge in [-0.3, -0.25) is 10.1 Å². The van der Waals surface area contributed by atoms with Crippen LogP contribution in [0, 0.1) is 0 Å². The smallest absolute Gasteiger partial charge is 0.329 e. The molecule has 0 aliphatic heterocycles. The number of hydrogen-bond donors (Lipinski definition) is 4. The van der Waals surface area contributed by atoms with Crippen molar-refractivity contribution in [2.45, 2.75) is 26.0 Å². The molecule has 0 saturated heterocycles. The summed E-state index contributed by atoms with van der Waals surface area (Å²) in [5, 5.41) is 9.60. The van der Waals surface area contributed by atoms with Gasteiger partial charge in [0.25, 0.3) is 5.91 Å². The number of imide groups is 1. The molecule has 2 atom stereocenters. The Hall–Kier alpha value is -3.88. The number of amides is 5. The van der Waals surface area contributed by atoms with Crippen LogP contribution in [0.5, 0.6) is 0 Å². The van der Waals surface area contributed by atoms with Gasteiger partial charge in [0.2, 0.25) is 6.10 Å². The Morgan fingerprint density at radius 3 is 2.10 bits per heavy atom. The summed E-state index contributed by atoms with van der Waals surface area (Å²) in [5.74, 6) is -1.64. The summed E-state index contributed by atoms with van der Waals surface area (Å²) in [6.45, 7) is 3.45. The van der Waals surface area contributed by atoms with Gasteiger partial charge in [0.1, 0.15) is 6.04 Å². The molecule has 9 nitrogen and oxygen atoms in total. The predicted octanol–water partition coefficient (Wildman–Crippen LogP) is 2.33. The van der Waals surface area contributed by atoms with Crippen LogP contribution in [0.1, 0.15) is 25.5 Å². The Morgan fingerprint density at radius 2 is 1.50 bits per heavy atom. The fourth-order valence-corrected chi connectivity index (χ4v) is 2.45. The van der Waals surface area contributed by atoms with E-state index in [4.69, 9.17) is 4.74 Å². The minimum atomic E-state index is -1.36. The number of nitrogens with one attached hydrogen (secondary N) is 4. The van der Waals surface area contributed by atoms with Crippen LogP contribution >= 0.6 is 0 Å². The zero-order chi connectivity index (χ0) is 21.9. The molecule has 0 fully saturated rings. The van der Waals surface area contributed by atoms with Crippen molar-refractivity contribution in [1.82, 2.24) is 16.0 Å². The van der Waals surface area contributed by atoms with E-state index in [0.29, 0.717) is 17.8 Å². The van der Waals surface area contributed by atoms with Crippen molar-refractivity contribution >= 4 is 29.6 Å². The second-order valence-electron chi connectivity index (χ2n) is 6.26. The van der Waals surface area contributed by atoms with Crippen molar-refractivity contribution in [2.24, 2.45) is 0 Å². The van der Waals surface area contributed by atoms with Crippen molar-refractivity contribution in [3.8, 4) is 0 Å². The van der Waals surface area contributed by atoms with E-state index in [0.717, 1.165) is 0 Å². The van der Waals surface area contributed by atoms with Crippen LogP contribution in [0.3, 0.4) is 0 Å². The summed E-state index contributed by atoms with van der Waals surface area (Å²) in [6.07, 6.45) is -1.36. The lowest BCUT2D eigenvalue weighted by atomic mass is 10.1. The fourth-order valence-electron chi connectivity index (χ4n) is 2.45. The Morgan fingerprint density at radius 1 is 0.900 bits per heavy atom. The van der Waals surface area contributed by atoms with E-state index in [1.807, 2.05) is 0 Å². The van der Waals surface area contributed by atoms with Gasteiger partial charge >= 0.3 is 18.0 Å². The van der Waals surface area contributed by atoms with Crippen molar-refractivity contribution in [1.29, 1.82) is 0 Å². The molecular formula is C21H24N4O5. The first-order chi connectivity index (χ1) is 14.4. The summed E-state index contributed by atoms with van der Waals surface area (Å²) < 4.78 is 5.32. The predicted molar refractivity (Wildman–Crippen MR) is 111 cm³/mol. The lowest BCUT2D eigenvalue weighted by Gasteiger charge is -2.20. The zero-order valence-corrected chi connectivity index (χ0v) is 16.7. The Balaban J connectivity index is 2.02. The van der Waals surface area contributed by atoms with Crippen LogP contribution < -0.4 is 21.3 Å². The van der Waals surface area contributed by atoms with Crippen LogP contribution in [0.15, 0.2) is 60.7 Å². The molecule has 2 aromatic rings. The van der Waals surface area contributed by atoms with Gasteiger partial charge in [-0.15, -0.1) is 0 Å². The first-order valence-corrected chi connectivity index (χ1v) is 9.37. The normalized spacial score (nSPS) is 12.1. The molecule has 0 aliphatic rings. The van der Waals surface area contributed by atoms with Crippen LogP contribution in [-0.2, 0) is 14.3 Å². The first-order valence-electron chi connectivity index (χ1n) is 9.37. The number of rotatable bonds is 7. The highest BCUT2D eigenvalue weighted by Gasteiger charge is 2.29. The molecule has 0 heterocycles. The van der Waals surface area contributed by atoms with E-state index in [1.165, 1.54) is 6.92 Å². The third kappa shape index (κ3) is 6.93. The Labute approximate surface area is 174 Å². The highest BCUT2D eigenvalue weighted by atomic mass is 16.5.